The largest absolute Gasteiger partial charge is 0.393 e. The molecule has 6 nitrogen and oxygen atoms in total. The first kappa shape index (κ1) is 16.9. The lowest BCUT2D eigenvalue weighted by Crippen LogP contribution is -2.45. The number of aromatic nitrogens is 2. The van der Waals surface area contributed by atoms with Gasteiger partial charge in [-0.2, -0.15) is 9.40 Å². The average molecular weight is 341 g/mol. The smallest absolute Gasteiger partial charge is 0.247 e. The van der Waals surface area contributed by atoms with Crippen molar-refractivity contribution in [3.8, 4) is 0 Å². The zero-order valence-corrected chi connectivity index (χ0v) is 15.0. The van der Waals surface area contributed by atoms with E-state index in [-0.39, 0.29) is 18.1 Å². The molecule has 0 bridgehead atoms. The number of aliphatic hydroxyl groups is 1. The molecule has 130 valence electrons. The molecule has 0 spiro atoms. The monoisotopic (exact) mass is 341 g/mol. The summed E-state index contributed by atoms with van der Waals surface area (Å²) in [5, 5.41) is 14.6. The van der Waals surface area contributed by atoms with Gasteiger partial charge in [-0.3, -0.25) is 4.68 Å². The second kappa shape index (κ2) is 6.18. The molecule has 23 heavy (non-hydrogen) atoms. The quantitative estimate of drug-likeness (QED) is 0.909. The summed E-state index contributed by atoms with van der Waals surface area (Å²) >= 11 is 0. The third kappa shape index (κ3) is 2.83. The summed E-state index contributed by atoms with van der Waals surface area (Å²) in [7, 11) is -1.79. The van der Waals surface area contributed by atoms with Gasteiger partial charge in [0.15, 0.2) is 0 Å². The maximum absolute atomic E-state index is 13.2. The van der Waals surface area contributed by atoms with E-state index in [9.17, 15) is 13.5 Å². The van der Waals surface area contributed by atoms with E-state index >= 15 is 0 Å². The Labute approximate surface area is 138 Å². The van der Waals surface area contributed by atoms with Crippen molar-refractivity contribution >= 4 is 10.0 Å². The number of rotatable bonds is 3. The summed E-state index contributed by atoms with van der Waals surface area (Å²) in [6.07, 6.45) is 5.17. The summed E-state index contributed by atoms with van der Waals surface area (Å²) in [6.45, 7) is 4.10. The molecule has 1 aliphatic carbocycles. The normalized spacial score (nSPS) is 30.0. The molecule has 3 rings (SSSR count). The van der Waals surface area contributed by atoms with Gasteiger partial charge in [-0.15, -0.1) is 0 Å². The van der Waals surface area contributed by atoms with E-state index in [0.717, 1.165) is 38.5 Å². The van der Waals surface area contributed by atoms with Gasteiger partial charge < -0.3 is 5.11 Å². The van der Waals surface area contributed by atoms with Crippen LogP contribution in [-0.4, -0.2) is 46.3 Å². The van der Waals surface area contributed by atoms with Crippen molar-refractivity contribution in [2.45, 2.75) is 69.4 Å². The van der Waals surface area contributed by atoms with Gasteiger partial charge in [-0.05, 0) is 39.5 Å². The topological polar surface area (TPSA) is 75.4 Å². The molecular weight excluding hydrogens is 314 g/mol. The highest BCUT2D eigenvalue weighted by molar-refractivity contribution is 7.89. The van der Waals surface area contributed by atoms with Crippen LogP contribution < -0.4 is 0 Å². The molecule has 0 amide bonds. The minimum atomic E-state index is -3.56. The molecule has 1 aromatic heterocycles. The SMILES string of the molecule is Cc1nn(C)c(C)c1S(=O)(=O)N1CCCC1C1CCCCC1O. The lowest BCUT2D eigenvalue weighted by molar-refractivity contribution is 0.0386. The molecule has 1 saturated heterocycles. The van der Waals surface area contributed by atoms with Gasteiger partial charge in [0.25, 0.3) is 0 Å². The zero-order chi connectivity index (χ0) is 16.8. The van der Waals surface area contributed by atoms with Crippen LogP contribution in [0, 0.1) is 19.8 Å². The molecule has 1 aromatic rings. The Kier molecular flexibility index (Phi) is 4.55. The Morgan fingerprint density at radius 2 is 1.83 bits per heavy atom. The van der Waals surface area contributed by atoms with E-state index in [0.29, 0.717) is 22.8 Å². The molecule has 1 aliphatic heterocycles. The molecule has 7 heteroatoms. The van der Waals surface area contributed by atoms with Crippen LogP contribution in [0.1, 0.15) is 49.9 Å². The van der Waals surface area contributed by atoms with Crippen LogP contribution >= 0.6 is 0 Å². The van der Waals surface area contributed by atoms with Gasteiger partial charge in [0.05, 0.1) is 17.5 Å². The fourth-order valence-corrected chi connectivity index (χ4v) is 6.47. The molecule has 0 aromatic carbocycles. The minimum Gasteiger partial charge on any atom is -0.393 e. The molecule has 1 N–H and O–H groups in total. The number of hydrogen-bond acceptors (Lipinski definition) is 4. The highest BCUT2D eigenvalue weighted by atomic mass is 32.2. The average Bonchev–Trinajstić information content (AvgIpc) is 3.06. The Morgan fingerprint density at radius 1 is 1.13 bits per heavy atom. The number of aryl methyl sites for hydroxylation is 2. The molecule has 0 radical (unpaired) electrons. The van der Waals surface area contributed by atoms with Crippen molar-refractivity contribution in [1.29, 1.82) is 0 Å². The summed E-state index contributed by atoms with van der Waals surface area (Å²) < 4.78 is 29.8. The number of nitrogens with zero attached hydrogens (tertiary/aromatic N) is 3. The lowest BCUT2D eigenvalue weighted by atomic mass is 9.81. The number of aliphatic hydroxyl groups excluding tert-OH is 1. The van der Waals surface area contributed by atoms with Gasteiger partial charge in [0.2, 0.25) is 10.0 Å². The number of sulfonamides is 1. The third-order valence-corrected chi connectivity index (χ3v) is 7.71. The van der Waals surface area contributed by atoms with Crippen molar-refractivity contribution in [2.75, 3.05) is 6.54 Å². The molecule has 2 heterocycles. The highest BCUT2D eigenvalue weighted by Gasteiger charge is 2.43. The van der Waals surface area contributed by atoms with Crippen molar-refractivity contribution in [3.63, 3.8) is 0 Å². The maximum Gasteiger partial charge on any atom is 0.247 e. The molecule has 1 saturated carbocycles. The highest BCUT2D eigenvalue weighted by Crippen LogP contribution is 2.38. The first-order valence-electron chi connectivity index (χ1n) is 8.54. The molecule has 3 unspecified atom stereocenters. The van der Waals surface area contributed by atoms with E-state index in [1.54, 1.807) is 29.9 Å². The van der Waals surface area contributed by atoms with Crippen molar-refractivity contribution < 1.29 is 13.5 Å². The summed E-state index contributed by atoms with van der Waals surface area (Å²) in [6, 6.07) is -0.0747. The molecule has 2 aliphatic rings. The van der Waals surface area contributed by atoms with Crippen LogP contribution in [0.3, 0.4) is 0 Å². The van der Waals surface area contributed by atoms with Gasteiger partial charge in [-0.1, -0.05) is 12.8 Å². The van der Waals surface area contributed by atoms with Crippen LogP contribution in [0.4, 0.5) is 0 Å². The summed E-state index contributed by atoms with van der Waals surface area (Å²) in [4.78, 5) is 0.345. The van der Waals surface area contributed by atoms with E-state index in [2.05, 4.69) is 5.10 Å². The van der Waals surface area contributed by atoms with Gasteiger partial charge >= 0.3 is 0 Å². The molecular formula is C16H27N3O3S. The van der Waals surface area contributed by atoms with Crippen LogP contribution in [-0.2, 0) is 17.1 Å². The second-order valence-electron chi connectivity index (χ2n) is 6.96. The van der Waals surface area contributed by atoms with Crippen LogP contribution in [0.5, 0.6) is 0 Å². The minimum absolute atomic E-state index is 0.0679. The predicted octanol–water partition coefficient (Wildman–Crippen LogP) is 1.74. The fourth-order valence-electron chi connectivity index (χ4n) is 4.33. The van der Waals surface area contributed by atoms with Crippen molar-refractivity contribution in [3.05, 3.63) is 11.4 Å². The van der Waals surface area contributed by atoms with Gasteiger partial charge in [0.1, 0.15) is 4.90 Å². The maximum atomic E-state index is 13.2. The summed E-state index contributed by atoms with van der Waals surface area (Å²) in [5.74, 6) is 0.0679. The van der Waals surface area contributed by atoms with Crippen LogP contribution in [0.25, 0.3) is 0 Å². The predicted molar refractivity (Wildman–Crippen MR) is 87.6 cm³/mol. The lowest BCUT2D eigenvalue weighted by Gasteiger charge is -2.36. The van der Waals surface area contributed by atoms with E-state index in [1.165, 1.54) is 0 Å². The van der Waals surface area contributed by atoms with E-state index in [4.69, 9.17) is 0 Å². The van der Waals surface area contributed by atoms with Gasteiger partial charge in [0, 0.05) is 25.6 Å². The zero-order valence-electron chi connectivity index (χ0n) is 14.2. The molecule has 3 atom stereocenters. The Morgan fingerprint density at radius 3 is 2.43 bits per heavy atom. The van der Waals surface area contributed by atoms with E-state index in [1.807, 2.05) is 0 Å². The Balaban J connectivity index is 1.95. The van der Waals surface area contributed by atoms with Crippen molar-refractivity contribution in [1.82, 2.24) is 14.1 Å². The van der Waals surface area contributed by atoms with Crippen molar-refractivity contribution in [2.24, 2.45) is 13.0 Å². The van der Waals surface area contributed by atoms with Crippen LogP contribution in [0.2, 0.25) is 0 Å². The first-order valence-corrected chi connectivity index (χ1v) is 9.98. The standard InChI is InChI=1S/C16H27N3O3S/c1-11-16(12(2)18(3)17-11)23(21,22)19-10-6-8-14(19)13-7-4-5-9-15(13)20/h13-15,20H,4-10H2,1-3H3. The molecule has 2 fully saturated rings. The van der Waals surface area contributed by atoms with Gasteiger partial charge in [-0.25, -0.2) is 8.42 Å². The second-order valence-corrected chi connectivity index (χ2v) is 8.79. The summed E-state index contributed by atoms with van der Waals surface area (Å²) in [5.41, 5.74) is 1.23. The van der Waals surface area contributed by atoms with Crippen LogP contribution in [0.15, 0.2) is 4.90 Å². The third-order valence-electron chi connectivity index (χ3n) is 5.53. The Hall–Kier alpha value is -0.920. The Bertz CT molecular complexity index is 683. The number of hydrogen-bond donors (Lipinski definition) is 1. The van der Waals surface area contributed by atoms with E-state index < -0.39 is 10.0 Å². The first-order chi connectivity index (χ1) is 10.8. The fraction of sp³-hybridized carbons (Fsp3) is 0.812.